The van der Waals surface area contributed by atoms with Crippen molar-refractivity contribution >= 4 is 11.9 Å². The average molecular weight is 336 g/mol. The molecule has 0 heterocycles. The second-order valence-corrected chi connectivity index (χ2v) is 8.57. The molecule has 0 aromatic carbocycles. The van der Waals surface area contributed by atoms with Gasteiger partial charge in [0.1, 0.15) is 12.2 Å². The van der Waals surface area contributed by atoms with Crippen LogP contribution in [0.3, 0.4) is 0 Å². The van der Waals surface area contributed by atoms with Gasteiger partial charge in [0.05, 0.1) is 12.8 Å². The summed E-state index contributed by atoms with van der Waals surface area (Å²) in [5.74, 6) is 2.70. The Bertz CT molecular complexity index is 442. The number of hydrogen-bond acceptors (Lipinski definition) is 4. The number of carbonyl (C=O) groups is 2. The van der Waals surface area contributed by atoms with Crippen LogP contribution in [-0.2, 0) is 19.1 Å². The van der Waals surface area contributed by atoms with Gasteiger partial charge in [-0.15, -0.1) is 0 Å². The van der Waals surface area contributed by atoms with Gasteiger partial charge in [0.25, 0.3) is 0 Å². The van der Waals surface area contributed by atoms with Gasteiger partial charge in [-0.25, -0.2) is 0 Å². The number of carbonyl (C=O) groups excluding carboxylic acids is 2. The number of rotatable bonds is 7. The summed E-state index contributed by atoms with van der Waals surface area (Å²) in [4.78, 5) is 24.1. The molecule has 4 aliphatic carbocycles. The first-order valence-corrected chi connectivity index (χ1v) is 9.85. The fraction of sp³-hybridized carbons (Fsp3) is 0.900. The molecular weight excluding hydrogens is 304 g/mol. The Balaban J connectivity index is 1.42. The highest BCUT2D eigenvalue weighted by atomic mass is 16.6. The van der Waals surface area contributed by atoms with Crippen LogP contribution < -0.4 is 0 Å². The van der Waals surface area contributed by atoms with Gasteiger partial charge in [-0.2, -0.15) is 0 Å². The summed E-state index contributed by atoms with van der Waals surface area (Å²) in [7, 11) is 0. The summed E-state index contributed by atoms with van der Waals surface area (Å²) in [6.07, 6.45) is 7.48. The first kappa shape index (κ1) is 17.8. The first-order valence-electron chi connectivity index (χ1n) is 9.85. The lowest BCUT2D eigenvalue weighted by Crippen LogP contribution is -2.50. The Morgan fingerprint density at radius 1 is 0.917 bits per heavy atom. The molecule has 0 aliphatic heterocycles. The van der Waals surface area contributed by atoms with Crippen LogP contribution in [0.4, 0.5) is 0 Å². The molecule has 0 aromatic rings. The normalized spacial score (nSPS) is 35.1. The molecule has 0 spiro atoms. The van der Waals surface area contributed by atoms with E-state index in [1.807, 2.05) is 20.8 Å². The molecule has 0 radical (unpaired) electrons. The monoisotopic (exact) mass is 336 g/mol. The number of ether oxygens (including phenoxy) is 2. The van der Waals surface area contributed by atoms with Crippen LogP contribution >= 0.6 is 0 Å². The zero-order valence-electron chi connectivity index (χ0n) is 15.3. The molecule has 4 bridgehead atoms. The molecule has 0 N–H and O–H groups in total. The zero-order chi connectivity index (χ0) is 17.3. The van der Waals surface area contributed by atoms with E-state index >= 15 is 0 Å². The van der Waals surface area contributed by atoms with Crippen molar-refractivity contribution in [1.29, 1.82) is 0 Å². The topological polar surface area (TPSA) is 52.6 Å². The third-order valence-corrected chi connectivity index (χ3v) is 6.37. The Morgan fingerprint density at radius 3 is 1.96 bits per heavy atom. The summed E-state index contributed by atoms with van der Waals surface area (Å²) in [5.41, 5.74) is 0. The van der Waals surface area contributed by atoms with Gasteiger partial charge in [-0.3, -0.25) is 9.59 Å². The molecule has 0 aromatic heterocycles. The quantitative estimate of drug-likeness (QED) is 0.657. The molecule has 4 aliphatic rings. The molecular formula is C20H32O4. The summed E-state index contributed by atoms with van der Waals surface area (Å²) in [6, 6.07) is 0. The van der Waals surface area contributed by atoms with E-state index in [0.29, 0.717) is 17.8 Å². The minimum Gasteiger partial charge on any atom is -0.462 e. The summed E-state index contributed by atoms with van der Waals surface area (Å²) >= 11 is 0. The smallest absolute Gasteiger partial charge is 0.306 e. The molecule has 0 amide bonds. The van der Waals surface area contributed by atoms with E-state index in [-0.39, 0.29) is 37.0 Å². The van der Waals surface area contributed by atoms with Gasteiger partial charge in [0, 0.05) is 0 Å². The van der Waals surface area contributed by atoms with Crippen LogP contribution in [0.5, 0.6) is 0 Å². The second kappa shape index (κ2) is 7.45. The lowest BCUT2D eigenvalue weighted by atomic mass is 9.55. The molecule has 1 atom stereocenters. The molecule has 1 unspecified atom stereocenters. The fourth-order valence-corrected chi connectivity index (χ4v) is 5.40. The van der Waals surface area contributed by atoms with Gasteiger partial charge < -0.3 is 9.47 Å². The van der Waals surface area contributed by atoms with E-state index in [0.717, 1.165) is 18.3 Å². The highest BCUT2D eigenvalue weighted by Gasteiger charge is 2.49. The maximum atomic E-state index is 12.2. The summed E-state index contributed by atoms with van der Waals surface area (Å²) in [5, 5.41) is 0. The first-order chi connectivity index (χ1) is 11.5. The molecule has 24 heavy (non-hydrogen) atoms. The van der Waals surface area contributed by atoms with E-state index in [4.69, 9.17) is 9.47 Å². The van der Waals surface area contributed by atoms with E-state index in [1.54, 1.807) is 0 Å². The molecule has 4 fully saturated rings. The van der Waals surface area contributed by atoms with Gasteiger partial charge in [-0.05, 0) is 68.1 Å². The maximum Gasteiger partial charge on any atom is 0.306 e. The lowest BCUT2D eigenvalue weighted by Gasteiger charge is -2.53. The molecule has 4 saturated carbocycles. The number of hydrogen-bond donors (Lipinski definition) is 0. The SMILES string of the molecule is CCC(OC(=O)CCC(=O)OC1C2CC3CC(C2)CC1C3)C(C)C. The van der Waals surface area contributed by atoms with E-state index in [9.17, 15) is 9.59 Å². The van der Waals surface area contributed by atoms with Crippen LogP contribution in [-0.4, -0.2) is 24.1 Å². The van der Waals surface area contributed by atoms with E-state index < -0.39 is 0 Å². The summed E-state index contributed by atoms with van der Waals surface area (Å²) in [6.45, 7) is 6.10. The standard InChI is InChI=1S/C20H32O4/c1-4-17(12(2)3)23-18(21)5-6-19(22)24-20-15-8-13-7-14(10-15)11-16(20)9-13/h12-17,20H,4-11H2,1-3H3. The molecule has 0 saturated heterocycles. The van der Waals surface area contributed by atoms with Gasteiger partial charge in [-0.1, -0.05) is 20.8 Å². The van der Waals surface area contributed by atoms with Crippen molar-refractivity contribution in [2.24, 2.45) is 29.6 Å². The van der Waals surface area contributed by atoms with Crippen molar-refractivity contribution in [2.75, 3.05) is 0 Å². The van der Waals surface area contributed by atoms with Crippen molar-refractivity contribution in [3.63, 3.8) is 0 Å². The van der Waals surface area contributed by atoms with Crippen LogP contribution in [0, 0.1) is 29.6 Å². The minimum atomic E-state index is -0.280. The van der Waals surface area contributed by atoms with Crippen molar-refractivity contribution in [2.45, 2.75) is 84.3 Å². The summed E-state index contributed by atoms with van der Waals surface area (Å²) < 4.78 is 11.3. The van der Waals surface area contributed by atoms with E-state index in [2.05, 4.69) is 0 Å². The van der Waals surface area contributed by atoms with Gasteiger partial charge in [0.15, 0.2) is 0 Å². The molecule has 136 valence electrons. The third-order valence-electron chi connectivity index (χ3n) is 6.37. The fourth-order valence-electron chi connectivity index (χ4n) is 5.40. The zero-order valence-corrected chi connectivity index (χ0v) is 15.3. The Hall–Kier alpha value is -1.06. The van der Waals surface area contributed by atoms with Crippen molar-refractivity contribution in [1.82, 2.24) is 0 Å². The highest BCUT2D eigenvalue weighted by molar-refractivity contribution is 5.77. The molecule has 4 heteroatoms. The molecule has 4 nitrogen and oxygen atoms in total. The number of esters is 2. The minimum absolute atomic E-state index is 0.0575. The lowest BCUT2D eigenvalue weighted by molar-refractivity contribution is -0.172. The van der Waals surface area contributed by atoms with Crippen LogP contribution in [0.15, 0.2) is 0 Å². The van der Waals surface area contributed by atoms with Crippen LogP contribution in [0.1, 0.15) is 72.1 Å². The Morgan fingerprint density at radius 2 is 1.46 bits per heavy atom. The maximum absolute atomic E-state index is 12.2. The van der Waals surface area contributed by atoms with Crippen molar-refractivity contribution < 1.29 is 19.1 Å². The highest BCUT2D eigenvalue weighted by Crippen LogP contribution is 2.54. The van der Waals surface area contributed by atoms with Crippen molar-refractivity contribution in [3.05, 3.63) is 0 Å². The Kier molecular flexibility index (Phi) is 5.51. The third kappa shape index (κ3) is 3.94. The largest absolute Gasteiger partial charge is 0.462 e. The van der Waals surface area contributed by atoms with Gasteiger partial charge >= 0.3 is 11.9 Å². The average Bonchev–Trinajstić information content (AvgIpc) is 2.53. The van der Waals surface area contributed by atoms with E-state index in [1.165, 1.54) is 32.1 Å². The second-order valence-electron chi connectivity index (χ2n) is 8.57. The van der Waals surface area contributed by atoms with Gasteiger partial charge in [0.2, 0.25) is 0 Å². The van der Waals surface area contributed by atoms with Crippen LogP contribution in [0.2, 0.25) is 0 Å². The van der Waals surface area contributed by atoms with Crippen LogP contribution in [0.25, 0.3) is 0 Å². The predicted octanol–water partition coefficient (Wildman–Crippen LogP) is 4.11. The van der Waals surface area contributed by atoms with Crippen molar-refractivity contribution in [3.8, 4) is 0 Å². The molecule has 4 rings (SSSR count). The predicted molar refractivity (Wildman–Crippen MR) is 91.2 cm³/mol. The Labute approximate surface area is 145 Å².